The third kappa shape index (κ3) is 3.83. The molecule has 1 aromatic heterocycles. The number of carbonyl (C=O) groups excluding carboxylic acids is 1. The monoisotopic (exact) mass is 388 g/mol. The van der Waals surface area contributed by atoms with E-state index in [2.05, 4.69) is 4.98 Å². The van der Waals surface area contributed by atoms with Gasteiger partial charge in [-0.05, 0) is 18.6 Å². The molecule has 1 fully saturated rings. The van der Waals surface area contributed by atoms with Crippen molar-refractivity contribution in [3.8, 4) is 0 Å². The molecule has 1 aliphatic rings. The molecule has 1 N–H and O–H groups in total. The van der Waals surface area contributed by atoms with Crippen molar-refractivity contribution < 1.29 is 41.0 Å². The molecule has 0 saturated carbocycles. The minimum atomic E-state index is -5.10. The van der Waals surface area contributed by atoms with E-state index in [4.69, 9.17) is 5.11 Å². The predicted octanol–water partition coefficient (Wildman–Crippen LogP) is 3.17. The number of pyridine rings is 1. The van der Waals surface area contributed by atoms with Crippen LogP contribution in [0.3, 0.4) is 0 Å². The van der Waals surface area contributed by atoms with Crippen LogP contribution < -0.4 is 0 Å². The number of halogens is 6. The maximum atomic E-state index is 13.1. The van der Waals surface area contributed by atoms with E-state index in [9.17, 15) is 35.9 Å². The van der Waals surface area contributed by atoms with E-state index in [1.165, 1.54) is 0 Å². The highest BCUT2D eigenvalue weighted by atomic mass is 32.2. The van der Waals surface area contributed by atoms with Crippen LogP contribution in [0.5, 0.6) is 0 Å². The molecule has 1 unspecified atom stereocenters. The molecule has 2 rings (SSSR count). The van der Waals surface area contributed by atoms with Gasteiger partial charge in [0.1, 0.15) is 5.03 Å². The van der Waals surface area contributed by atoms with Gasteiger partial charge in [0.25, 0.3) is 5.91 Å². The number of likely N-dealkylation sites (tertiary alicyclic amines) is 1. The molecule has 12 heteroatoms. The van der Waals surface area contributed by atoms with Gasteiger partial charge in [0.15, 0.2) is 5.41 Å². The van der Waals surface area contributed by atoms with Crippen LogP contribution in [0.1, 0.15) is 16.8 Å². The van der Waals surface area contributed by atoms with Gasteiger partial charge in [-0.2, -0.15) is 26.3 Å². The Labute approximate surface area is 141 Å². The number of thioether (sulfide) groups is 1. The lowest BCUT2D eigenvalue weighted by Gasteiger charge is -2.27. The standard InChI is InChI=1S/C13H10F6N2O3S/c14-12(15,16)11(10(23)24)3-5-21(6-11)9(22)7-2-1-4-20-8(7)25-13(17,18)19/h1-2,4H,3,5-6H2,(H,23,24). The Bertz CT molecular complexity index is 693. The highest BCUT2D eigenvalue weighted by molar-refractivity contribution is 8.00. The van der Waals surface area contributed by atoms with E-state index in [1.807, 2.05) is 0 Å². The van der Waals surface area contributed by atoms with Crippen LogP contribution in [0, 0.1) is 5.41 Å². The fourth-order valence-electron chi connectivity index (χ4n) is 2.43. The predicted molar refractivity (Wildman–Crippen MR) is 72.8 cm³/mol. The van der Waals surface area contributed by atoms with E-state index in [0.717, 1.165) is 18.3 Å². The molecule has 0 aromatic carbocycles. The van der Waals surface area contributed by atoms with Crippen LogP contribution in [0.2, 0.25) is 0 Å². The molecule has 25 heavy (non-hydrogen) atoms. The van der Waals surface area contributed by atoms with Crippen LogP contribution >= 0.6 is 11.8 Å². The second kappa shape index (κ2) is 6.39. The number of carboxylic acid groups (broad SMARTS) is 1. The summed E-state index contributed by atoms with van der Waals surface area (Å²) >= 11 is -0.671. The van der Waals surface area contributed by atoms with E-state index in [-0.39, 0.29) is 0 Å². The number of hydrogen-bond donors (Lipinski definition) is 1. The molecule has 0 bridgehead atoms. The van der Waals surface area contributed by atoms with Crippen LogP contribution in [0.25, 0.3) is 0 Å². The first-order valence-corrected chi connectivity index (χ1v) is 7.49. The van der Waals surface area contributed by atoms with Crippen molar-refractivity contribution in [3.63, 3.8) is 0 Å². The summed E-state index contributed by atoms with van der Waals surface area (Å²) < 4.78 is 76.9. The summed E-state index contributed by atoms with van der Waals surface area (Å²) in [5.41, 5.74) is -8.42. The maximum absolute atomic E-state index is 13.1. The van der Waals surface area contributed by atoms with Crippen molar-refractivity contribution in [3.05, 3.63) is 23.9 Å². The summed E-state index contributed by atoms with van der Waals surface area (Å²) in [4.78, 5) is 27.5. The van der Waals surface area contributed by atoms with Gasteiger partial charge in [0.2, 0.25) is 0 Å². The first-order valence-electron chi connectivity index (χ1n) is 6.67. The minimum absolute atomic E-state index is 0.534. The fourth-order valence-corrected chi connectivity index (χ4v) is 3.02. The van der Waals surface area contributed by atoms with Gasteiger partial charge >= 0.3 is 17.7 Å². The quantitative estimate of drug-likeness (QED) is 0.636. The zero-order valence-electron chi connectivity index (χ0n) is 12.2. The lowest BCUT2D eigenvalue weighted by molar-refractivity contribution is -0.227. The number of alkyl halides is 6. The van der Waals surface area contributed by atoms with Crippen molar-refractivity contribution >= 4 is 23.6 Å². The number of aromatic nitrogens is 1. The second-order valence-electron chi connectivity index (χ2n) is 5.27. The molecular formula is C13H10F6N2O3S. The Morgan fingerprint density at radius 1 is 1.24 bits per heavy atom. The lowest BCUT2D eigenvalue weighted by atomic mass is 9.86. The number of carbonyl (C=O) groups is 2. The molecule has 5 nitrogen and oxygen atoms in total. The van der Waals surface area contributed by atoms with E-state index in [0.29, 0.717) is 4.90 Å². The first-order chi connectivity index (χ1) is 11.4. The Morgan fingerprint density at radius 3 is 2.36 bits per heavy atom. The fraction of sp³-hybridized carbons (Fsp3) is 0.462. The third-order valence-corrected chi connectivity index (χ3v) is 4.47. The molecule has 1 amide bonds. The highest BCUT2D eigenvalue weighted by Crippen LogP contribution is 2.46. The number of aliphatic carboxylic acids is 1. The van der Waals surface area contributed by atoms with Gasteiger partial charge in [-0.15, -0.1) is 0 Å². The van der Waals surface area contributed by atoms with Gasteiger partial charge in [0, 0.05) is 31.0 Å². The van der Waals surface area contributed by atoms with Gasteiger partial charge < -0.3 is 10.0 Å². The molecule has 1 aliphatic heterocycles. The number of nitrogens with zero attached hydrogens (tertiary/aromatic N) is 2. The van der Waals surface area contributed by atoms with Crippen molar-refractivity contribution in [2.75, 3.05) is 13.1 Å². The zero-order valence-corrected chi connectivity index (χ0v) is 13.0. The summed E-state index contributed by atoms with van der Waals surface area (Å²) in [6.07, 6.45) is -4.97. The van der Waals surface area contributed by atoms with Gasteiger partial charge in [-0.1, -0.05) is 0 Å². The molecule has 2 heterocycles. The van der Waals surface area contributed by atoms with Crippen LogP contribution in [0.4, 0.5) is 26.3 Å². The van der Waals surface area contributed by atoms with Crippen molar-refractivity contribution in [1.82, 2.24) is 9.88 Å². The van der Waals surface area contributed by atoms with Crippen LogP contribution in [-0.4, -0.2) is 51.6 Å². The first kappa shape index (κ1) is 19.3. The summed E-state index contributed by atoms with van der Waals surface area (Å²) in [7, 11) is 0. The largest absolute Gasteiger partial charge is 0.481 e. The average Bonchev–Trinajstić information content (AvgIpc) is 2.91. The summed E-state index contributed by atoms with van der Waals surface area (Å²) in [5.74, 6) is -3.27. The van der Waals surface area contributed by atoms with Crippen molar-refractivity contribution in [2.24, 2.45) is 5.41 Å². The van der Waals surface area contributed by atoms with Crippen molar-refractivity contribution in [1.29, 1.82) is 0 Å². The van der Waals surface area contributed by atoms with Gasteiger partial charge in [-0.25, -0.2) is 4.98 Å². The molecule has 1 aromatic rings. The molecular weight excluding hydrogens is 378 g/mol. The SMILES string of the molecule is O=C(c1cccnc1SC(F)(F)F)N1CCC(C(=O)O)(C(F)(F)F)C1. The average molecular weight is 388 g/mol. The summed E-state index contributed by atoms with van der Waals surface area (Å²) in [6, 6.07) is 2.16. The van der Waals surface area contributed by atoms with Crippen molar-refractivity contribution in [2.45, 2.75) is 23.1 Å². The van der Waals surface area contributed by atoms with E-state index >= 15 is 0 Å². The number of hydrogen-bond acceptors (Lipinski definition) is 4. The van der Waals surface area contributed by atoms with Gasteiger partial charge in [0.05, 0.1) is 5.56 Å². The van der Waals surface area contributed by atoms with Crippen LogP contribution in [0.15, 0.2) is 23.4 Å². The normalized spacial score (nSPS) is 21.4. The molecule has 1 atom stereocenters. The third-order valence-electron chi connectivity index (χ3n) is 3.72. The Kier molecular flexibility index (Phi) is 4.94. The molecule has 0 spiro atoms. The lowest BCUT2D eigenvalue weighted by Crippen LogP contribution is -2.47. The van der Waals surface area contributed by atoms with E-state index in [1.54, 1.807) is 0 Å². The molecule has 1 saturated heterocycles. The van der Waals surface area contributed by atoms with Crippen LogP contribution in [-0.2, 0) is 4.79 Å². The Hall–Kier alpha value is -1.98. The summed E-state index contributed by atoms with van der Waals surface area (Å²) in [5, 5.41) is 8.25. The molecule has 0 aliphatic carbocycles. The zero-order chi connectivity index (χ0) is 19.0. The Balaban J connectivity index is 2.31. The topological polar surface area (TPSA) is 70.5 Å². The summed E-state index contributed by atoms with van der Waals surface area (Å²) in [6.45, 7) is -1.72. The number of rotatable bonds is 3. The maximum Gasteiger partial charge on any atom is 0.447 e. The number of amides is 1. The molecule has 0 radical (unpaired) electrons. The van der Waals surface area contributed by atoms with Gasteiger partial charge in [-0.3, -0.25) is 9.59 Å². The highest BCUT2D eigenvalue weighted by Gasteiger charge is 2.64. The number of carboxylic acids is 1. The van der Waals surface area contributed by atoms with E-state index < -0.39 is 70.8 Å². The minimum Gasteiger partial charge on any atom is -0.481 e. The smallest absolute Gasteiger partial charge is 0.447 e. The second-order valence-corrected chi connectivity index (χ2v) is 6.32. The Morgan fingerprint density at radius 2 is 1.88 bits per heavy atom. The molecule has 138 valence electrons.